The van der Waals surface area contributed by atoms with Crippen molar-refractivity contribution in [3.63, 3.8) is 0 Å². The van der Waals surface area contributed by atoms with Gasteiger partial charge in [0.25, 0.3) is 0 Å². The van der Waals surface area contributed by atoms with Gasteiger partial charge in [0.1, 0.15) is 6.10 Å². The second-order valence-corrected chi connectivity index (χ2v) is 10.4. The summed E-state index contributed by atoms with van der Waals surface area (Å²) in [6.07, 6.45) is 13.0. The summed E-state index contributed by atoms with van der Waals surface area (Å²) in [5.74, 6) is 3.06. The molecule has 150 valence electrons. The molecule has 7 atom stereocenters. The van der Waals surface area contributed by atoms with E-state index in [1.54, 1.807) is 6.92 Å². The van der Waals surface area contributed by atoms with Crippen LogP contribution in [0, 0.1) is 34.5 Å². The van der Waals surface area contributed by atoms with Gasteiger partial charge in [-0.3, -0.25) is 9.59 Å². The van der Waals surface area contributed by atoms with Crippen molar-refractivity contribution >= 4 is 11.8 Å². The first-order valence-electron chi connectivity index (χ1n) is 11.1. The minimum absolute atomic E-state index is 0.101. The molecular weight excluding hydrogens is 336 g/mol. The van der Waals surface area contributed by atoms with Crippen molar-refractivity contribution in [1.82, 2.24) is 0 Å². The molecule has 0 spiro atoms. The second kappa shape index (κ2) is 6.74. The Bertz CT molecular complexity index is 665. The number of carbonyl (C=O) groups excluding carboxylic acids is 2. The summed E-state index contributed by atoms with van der Waals surface area (Å²) >= 11 is 0. The first kappa shape index (κ1) is 19.2. The molecule has 4 aliphatic carbocycles. The van der Waals surface area contributed by atoms with E-state index in [9.17, 15) is 9.59 Å². The Morgan fingerprint density at radius 2 is 1.78 bits per heavy atom. The van der Waals surface area contributed by atoms with Crippen molar-refractivity contribution in [2.45, 2.75) is 91.6 Å². The highest BCUT2D eigenvalue weighted by Crippen LogP contribution is 2.65. The molecular formula is C24H36O3. The van der Waals surface area contributed by atoms with Crippen LogP contribution in [0.15, 0.2) is 11.6 Å². The normalized spacial score (nSPS) is 46.4. The molecule has 0 aromatic heterocycles. The maximum absolute atomic E-state index is 12.3. The predicted octanol–water partition coefficient (Wildman–Crippen LogP) is 5.48. The van der Waals surface area contributed by atoms with Crippen molar-refractivity contribution in [3.05, 3.63) is 11.6 Å². The van der Waals surface area contributed by atoms with Crippen molar-refractivity contribution in [2.75, 3.05) is 0 Å². The summed E-state index contributed by atoms with van der Waals surface area (Å²) < 4.78 is 5.58. The number of ketones is 1. The van der Waals surface area contributed by atoms with Crippen molar-refractivity contribution in [2.24, 2.45) is 34.5 Å². The molecule has 0 N–H and O–H groups in total. The maximum atomic E-state index is 12.3. The van der Waals surface area contributed by atoms with Gasteiger partial charge in [0, 0.05) is 6.92 Å². The largest absolute Gasteiger partial charge is 0.463 e. The van der Waals surface area contributed by atoms with Gasteiger partial charge in [0.15, 0.2) is 5.78 Å². The average Bonchev–Trinajstić information content (AvgIpc) is 2.60. The summed E-state index contributed by atoms with van der Waals surface area (Å²) in [6, 6.07) is 0. The van der Waals surface area contributed by atoms with Crippen LogP contribution in [0.4, 0.5) is 0 Å². The lowest BCUT2D eigenvalue weighted by molar-refractivity contribution is -0.160. The lowest BCUT2D eigenvalue weighted by atomic mass is 9.43. The summed E-state index contributed by atoms with van der Waals surface area (Å²) in [5, 5.41) is 0. The van der Waals surface area contributed by atoms with Gasteiger partial charge in [-0.1, -0.05) is 19.9 Å². The third-order valence-electron chi connectivity index (χ3n) is 9.16. The molecule has 0 aliphatic heterocycles. The Hall–Kier alpha value is -1.12. The topological polar surface area (TPSA) is 43.4 Å². The second-order valence-electron chi connectivity index (χ2n) is 10.4. The van der Waals surface area contributed by atoms with E-state index in [1.807, 2.05) is 0 Å². The van der Waals surface area contributed by atoms with Gasteiger partial charge in [-0.25, -0.2) is 0 Å². The Kier molecular flexibility index (Phi) is 4.79. The van der Waals surface area contributed by atoms with Gasteiger partial charge < -0.3 is 4.74 Å². The first-order valence-corrected chi connectivity index (χ1v) is 11.1. The van der Waals surface area contributed by atoms with E-state index in [2.05, 4.69) is 19.9 Å². The van der Waals surface area contributed by atoms with E-state index in [1.165, 1.54) is 45.4 Å². The van der Waals surface area contributed by atoms with Crippen LogP contribution < -0.4 is 0 Å². The summed E-state index contributed by atoms with van der Waals surface area (Å²) in [6.45, 7) is 8.22. The molecule has 0 heterocycles. The monoisotopic (exact) mass is 372 g/mol. The van der Waals surface area contributed by atoms with Crippen molar-refractivity contribution in [3.8, 4) is 0 Å². The van der Waals surface area contributed by atoms with Crippen LogP contribution in [0.2, 0.25) is 0 Å². The van der Waals surface area contributed by atoms with Gasteiger partial charge >= 0.3 is 5.97 Å². The average molecular weight is 373 g/mol. The fourth-order valence-electron chi connectivity index (χ4n) is 7.93. The molecule has 3 fully saturated rings. The lowest BCUT2D eigenvalue weighted by Gasteiger charge is -2.62. The first-order chi connectivity index (χ1) is 12.8. The Morgan fingerprint density at radius 3 is 2.48 bits per heavy atom. The number of carbonyl (C=O) groups is 2. The minimum Gasteiger partial charge on any atom is -0.463 e. The third-order valence-corrected chi connectivity index (χ3v) is 9.16. The molecule has 4 rings (SSSR count). The van der Waals surface area contributed by atoms with Gasteiger partial charge in [-0.15, -0.1) is 0 Å². The van der Waals surface area contributed by atoms with Crippen LogP contribution in [0.1, 0.15) is 85.5 Å². The van der Waals surface area contributed by atoms with Gasteiger partial charge in [-0.05, 0) is 105 Å². The molecule has 0 aromatic rings. The van der Waals surface area contributed by atoms with E-state index in [0.717, 1.165) is 36.7 Å². The number of esters is 1. The van der Waals surface area contributed by atoms with E-state index in [4.69, 9.17) is 4.74 Å². The SMILES string of the molecule is CC(=O)O[C@@H]1CC[C@@]2(C)[C@@H](CC[C@H]3C4CCC=C(C(C)=O)[C@@]4(C)CC[C@@H]32)C1. The lowest BCUT2D eigenvalue weighted by Crippen LogP contribution is -2.55. The van der Waals surface area contributed by atoms with Gasteiger partial charge in [-0.2, -0.15) is 0 Å². The highest BCUT2D eigenvalue weighted by atomic mass is 16.5. The smallest absolute Gasteiger partial charge is 0.302 e. The highest BCUT2D eigenvalue weighted by molar-refractivity contribution is 5.94. The van der Waals surface area contributed by atoms with E-state index < -0.39 is 0 Å². The quantitative estimate of drug-likeness (QED) is 0.603. The third kappa shape index (κ3) is 3.00. The number of allylic oxidation sites excluding steroid dienone is 2. The van der Waals surface area contributed by atoms with Gasteiger partial charge in [0.05, 0.1) is 0 Å². The van der Waals surface area contributed by atoms with Crippen LogP contribution >= 0.6 is 0 Å². The predicted molar refractivity (Wildman–Crippen MR) is 106 cm³/mol. The maximum Gasteiger partial charge on any atom is 0.302 e. The number of ether oxygens (including phenoxy) is 1. The fraction of sp³-hybridized carbons (Fsp3) is 0.833. The number of Topliss-reactive ketones (excluding diaryl/α,β-unsaturated/α-hetero) is 1. The Balaban J connectivity index is 1.57. The fourth-order valence-corrected chi connectivity index (χ4v) is 7.93. The van der Waals surface area contributed by atoms with E-state index >= 15 is 0 Å². The number of fused-ring (bicyclic) bond motifs is 5. The van der Waals surface area contributed by atoms with Crippen molar-refractivity contribution in [1.29, 1.82) is 0 Å². The molecule has 4 aliphatic rings. The molecule has 3 heteroatoms. The minimum atomic E-state index is -0.128. The number of rotatable bonds is 2. The van der Waals surface area contributed by atoms with Gasteiger partial charge in [0.2, 0.25) is 0 Å². The molecule has 3 nitrogen and oxygen atoms in total. The van der Waals surface area contributed by atoms with Crippen LogP contribution in [-0.2, 0) is 14.3 Å². The molecule has 0 amide bonds. The Labute approximate surface area is 164 Å². The van der Waals surface area contributed by atoms with E-state index in [0.29, 0.717) is 23.0 Å². The molecule has 0 radical (unpaired) electrons. The standard InChI is InChI=1S/C24H36O3/c1-15(25)20-6-5-7-21-19-9-8-17-14-18(27-16(2)26)10-12-23(17,3)22(19)11-13-24(20,21)4/h6,17-19,21-22H,5,7-14H2,1-4H3/t17-,18+,19-,21?,22-,23-,24+/m0/s1. The Morgan fingerprint density at radius 1 is 1.00 bits per heavy atom. The zero-order valence-corrected chi connectivity index (χ0v) is 17.6. The molecule has 0 aromatic carbocycles. The molecule has 0 bridgehead atoms. The highest BCUT2D eigenvalue weighted by Gasteiger charge is 2.58. The summed E-state index contributed by atoms with van der Waals surface area (Å²) in [7, 11) is 0. The molecule has 1 unspecified atom stereocenters. The molecule has 27 heavy (non-hydrogen) atoms. The summed E-state index contributed by atoms with van der Waals surface area (Å²) in [4.78, 5) is 23.7. The van der Waals surface area contributed by atoms with Crippen LogP contribution in [0.3, 0.4) is 0 Å². The zero-order chi connectivity index (χ0) is 19.4. The summed E-state index contributed by atoms with van der Waals surface area (Å²) in [5.41, 5.74) is 1.62. The molecule has 0 saturated heterocycles. The van der Waals surface area contributed by atoms with Crippen LogP contribution in [0.25, 0.3) is 0 Å². The molecule has 3 saturated carbocycles. The zero-order valence-electron chi connectivity index (χ0n) is 17.6. The number of hydrogen-bond acceptors (Lipinski definition) is 3. The van der Waals surface area contributed by atoms with Crippen LogP contribution in [-0.4, -0.2) is 17.9 Å². The number of hydrogen-bond donors (Lipinski definition) is 0. The van der Waals surface area contributed by atoms with E-state index in [-0.39, 0.29) is 17.5 Å². The van der Waals surface area contributed by atoms with Crippen LogP contribution in [0.5, 0.6) is 0 Å². The van der Waals surface area contributed by atoms with Crippen molar-refractivity contribution < 1.29 is 14.3 Å².